The number of aromatic nitrogens is 2. The number of carbonyl (C=O) groups excluding carboxylic acids is 1. The van der Waals surface area contributed by atoms with Crippen molar-refractivity contribution in [2.45, 2.75) is 6.04 Å². The van der Waals surface area contributed by atoms with E-state index in [2.05, 4.69) is 15.4 Å². The number of nitrogens with zero attached hydrogens (tertiary/aromatic N) is 4. The van der Waals surface area contributed by atoms with Crippen LogP contribution in [0.5, 0.6) is 0 Å². The first-order valence-corrected chi connectivity index (χ1v) is 5.66. The second-order valence-corrected chi connectivity index (χ2v) is 3.98. The molecule has 5 N–H and O–H groups in total. The lowest BCUT2D eigenvalue weighted by Crippen LogP contribution is -2.53. The van der Waals surface area contributed by atoms with Crippen LogP contribution in [0.15, 0.2) is 6.33 Å². The standard InChI is InChI=1S/C9H13N7O4/c10-7(17)5-3-20-2-1-15(5)9-6(16(18)19)8(14-11)12-4-13-9/h4-5H,1-3,11H2,(H2,10,17)(H,12,13,14). The Morgan fingerprint density at radius 3 is 2.95 bits per heavy atom. The molecule has 1 fully saturated rings. The number of rotatable bonds is 4. The normalized spacial score (nSPS) is 18.6. The van der Waals surface area contributed by atoms with Crippen LogP contribution < -0.4 is 21.9 Å². The first-order chi connectivity index (χ1) is 9.56. The summed E-state index contributed by atoms with van der Waals surface area (Å²) in [5, 5.41) is 11.2. The Bertz CT molecular complexity index is 537. The largest absolute Gasteiger partial charge is 0.377 e. The van der Waals surface area contributed by atoms with Gasteiger partial charge in [-0.1, -0.05) is 0 Å². The average Bonchev–Trinajstić information content (AvgIpc) is 2.46. The Labute approximate surface area is 113 Å². The predicted octanol–water partition coefficient (Wildman–Crippen LogP) is -1.64. The van der Waals surface area contributed by atoms with Crippen molar-refractivity contribution in [2.24, 2.45) is 11.6 Å². The molecule has 0 saturated carbocycles. The number of nitrogens with one attached hydrogen (secondary N) is 1. The second kappa shape index (κ2) is 5.63. The molecule has 108 valence electrons. The quantitative estimate of drug-likeness (QED) is 0.334. The summed E-state index contributed by atoms with van der Waals surface area (Å²) in [5.41, 5.74) is 7.00. The number of ether oxygens (including phenoxy) is 1. The van der Waals surface area contributed by atoms with Gasteiger partial charge < -0.3 is 20.8 Å². The zero-order valence-electron chi connectivity index (χ0n) is 10.4. The van der Waals surface area contributed by atoms with Gasteiger partial charge in [0.1, 0.15) is 12.4 Å². The molecule has 20 heavy (non-hydrogen) atoms. The number of nitro groups is 1. The smallest absolute Gasteiger partial charge is 0.354 e. The molecule has 11 heteroatoms. The first-order valence-electron chi connectivity index (χ1n) is 5.66. The van der Waals surface area contributed by atoms with Crippen molar-refractivity contribution in [3.05, 3.63) is 16.4 Å². The van der Waals surface area contributed by atoms with Gasteiger partial charge in [-0.2, -0.15) is 0 Å². The van der Waals surface area contributed by atoms with Crippen LogP contribution in [0.4, 0.5) is 17.3 Å². The molecule has 1 aromatic heterocycles. The number of carbonyl (C=O) groups is 1. The number of morpholine rings is 1. The molecule has 1 aromatic rings. The average molecular weight is 283 g/mol. The van der Waals surface area contributed by atoms with E-state index < -0.39 is 22.6 Å². The Kier molecular flexibility index (Phi) is 3.91. The highest BCUT2D eigenvalue weighted by atomic mass is 16.6. The molecule has 1 amide bonds. The van der Waals surface area contributed by atoms with Gasteiger partial charge in [0.05, 0.1) is 18.1 Å². The van der Waals surface area contributed by atoms with Crippen LogP contribution in [0.3, 0.4) is 0 Å². The lowest BCUT2D eigenvalue weighted by molar-refractivity contribution is -0.383. The van der Waals surface area contributed by atoms with Crippen molar-refractivity contribution in [1.29, 1.82) is 0 Å². The van der Waals surface area contributed by atoms with E-state index in [0.717, 1.165) is 6.33 Å². The van der Waals surface area contributed by atoms with E-state index in [9.17, 15) is 14.9 Å². The molecule has 0 spiro atoms. The van der Waals surface area contributed by atoms with Crippen LogP contribution >= 0.6 is 0 Å². The van der Waals surface area contributed by atoms with Gasteiger partial charge in [0.2, 0.25) is 17.5 Å². The van der Waals surface area contributed by atoms with Crippen molar-refractivity contribution in [3.8, 4) is 0 Å². The number of hydrogen-bond acceptors (Lipinski definition) is 9. The van der Waals surface area contributed by atoms with Crippen molar-refractivity contribution >= 4 is 23.2 Å². The van der Waals surface area contributed by atoms with Gasteiger partial charge in [0.25, 0.3) is 0 Å². The maximum atomic E-state index is 11.4. The number of anilines is 2. The zero-order valence-corrected chi connectivity index (χ0v) is 10.4. The van der Waals surface area contributed by atoms with Crippen molar-refractivity contribution in [1.82, 2.24) is 9.97 Å². The fourth-order valence-corrected chi connectivity index (χ4v) is 1.95. The van der Waals surface area contributed by atoms with E-state index in [0.29, 0.717) is 6.61 Å². The number of amides is 1. The molecular formula is C9H13N7O4. The van der Waals surface area contributed by atoms with Crippen LogP contribution in [0.2, 0.25) is 0 Å². The fourth-order valence-electron chi connectivity index (χ4n) is 1.95. The highest BCUT2D eigenvalue weighted by Gasteiger charge is 2.35. The second-order valence-electron chi connectivity index (χ2n) is 3.98. The summed E-state index contributed by atoms with van der Waals surface area (Å²) in [6.07, 6.45) is 1.12. The molecule has 0 bridgehead atoms. The van der Waals surface area contributed by atoms with Crippen LogP contribution in [0.25, 0.3) is 0 Å². The topological polar surface area (TPSA) is 163 Å². The summed E-state index contributed by atoms with van der Waals surface area (Å²) in [6.45, 7) is 0.591. The van der Waals surface area contributed by atoms with E-state index >= 15 is 0 Å². The van der Waals surface area contributed by atoms with Gasteiger partial charge >= 0.3 is 5.69 Å². The third kappa shape index (κ3) is 2.44. The SMILES string of the molecule is NNc1ncnc(N2CCOCC2C(N)=O)c1[N+](=O)[O-]. The number of hydrogen-bond donors (Lipinski definition) is 3. The van der Waals surface area contributed by atoms with Crippen LogP contribution in [0.1, 0.15) is 0 Å². The number of primary amides is 1. The van der Waals surface area contributed by atoms with Crippen molar-refractivity contribution in [3.63, 3.8) is 0 Å². The lowest BCUT2D eigenvalue weighted by atomic mass is 10.2. The molecule has 0 radical (unpaired) electrons. The molecule has 1 aliphatic heterocycles. The highest BCUT2D eigenvalue weighted by Crippen LogP contribution is 2.32. The molecule has 11 nitrogen and oxygen atoms in total. The Morgan fingerprint density at radius 1 is 1.60 bits per heavy atom. The molecule has 1 atom stereocenters. The minimum Gasteiger partial charge on any atom is -0.377 e. The van der Waals surface area contributed by atoms with Gasteiger partial charge in [-0.3, -0.25) is 14.9 Å². The monoisotopic (exact) mass is 283 g/mol. The summed E-state index contributed by atoms with van der Waals surface area (Å²) in [4.78, 5) is 30.9. The van der Waals surface area contributed by atoms with E-state index in [4.69, 9.17) is 16.3 Å². The van der Waals surface area contributed by atoms with Crippen molar-refractivity contribution in [2.75, 3.05) is 30.1 Å². The van der Waals surface area contributed by atoms with Gasteiger partial charge in [-0.05, 0) is 0 Å². The molecule has 2 rings (SSSR count). The maximum Gasteiger partial charge on any atom is 0.354 e. The van der Waals surface area contributed by atoms with E-state index in [-0.39, 0.29) is 24.8 Å². The molecule has 1 aliphatic rings. The Balaban J connectivity index is 2.50. The minimum absolute atomic E-state index is 0.0231. The number of nitrogen functional groups attached to an aromatic ring is 1. The Morgan fingerprint density at radius 2 is 2.35 bits per heavy atom. The van der Waals surface area contributed by atoms with E-state index in [1.54, 1.807) is 0 Å². The van der Waals surface area contributed by atoms with Crippen LogP contribution in [0, 0.1) is 10.1 Å². The van der Waals surface area contributed by atoms with Gasteiger partial charge in [0, 0.05) is 6.54 Å². The van der Waals surface area contributed by atoms with Crippen LogP contribution in [-0.2, 0) is 9.53 Å². The summed E-state index contributed by atoms with van der Waals surface area (Å²) in [6, 6.07) is -0.831. The summed E-state index contributed by atoms with van der Waals surface area (Å²) >= 11 is 0. The number of hydrazine groups is 1. The third-order valence-electron chi connectivity index (χ3n) is 2.85. The predicted molar refractivity (Wildman–Crippen MR) is 67.6 cm³/mol. The molecule has 1 unspecified atom stereocenters. The molecule has 0 aliphatic carbocycles. The van der Waals surface area contributed by atoms with E-state index in [1.807, 2.05) is 0 Å². The fraction of sp³-hybridized carbons (Fsp3) is 0.444. The van der Waals surface area contributed by atoms with Gasteiger partial charge in [-0.15, -0.1) is 0 Å². The highest BCUT2D eigenvalue weighted by molar-refractivity contribution is 5.85. The van der Waals surface area contributed by atoms with Crippen LogP contribution in [-0.4, -0.2) is 46.6 Å². The lowest BCUT2D eigenvalue weighted by Gasteiger charge is -2.33. The number of nitrogens with two attached hydrogens (primary N) is 2. The molecule has 2 heterocycles. The molecule has 0 aromatic carbocycles. The van der Waals surface area contributed by atoms with Crippen molar-refractivity contribution < 1.29 is 14.5 Å². The van der Waals surface area contributed by atoms with Gasteiger partial charge in [-0.25, -0.2) is 15.8 Å². The summed E-state index contributed by atoms with van der Waals surface area (Å²) < 4.78 is 5.16. The minimum atomic E-state index is -0.831. The van der Waals surface area contributed by atoms with E-state index in [1.165, 1.54) is 4.90 Å². The Hall–Kier alpha value is -2.53. The molecular weight excluding hydrogens is 270 g/mol. The third-order valence-corrected chi connectivity index (χ3v) is 2.85. The summed E-state index contributed by atoms with van der Waals surface area (Å²) in [5.74, 6) is 4.38. The summed E-state index contributed by atoms with van der Waals surface area (Å²) in [7, 11) is 0. The van der Waals surface area contributed by atoms with Gasteiger partial charge in [0.15, 0.2) is 0 Å². The first kappa shape index (κ1) is 13.9. The molecule has 1 saturated heterocycles. The zero-order chi connectivity index (χ0) is 14.7. The maximum absolute atomic E-state index is 11.4.